The lowest BCUT2D eigenvalue weighted by Gasteiger charge is -2.10. The average Bonchev–Trinajstić information content (AvgIpc) is 3.29. The van der Waals surface area contributed by atoms with Crippen LogP contribution in [0, 0.1) is 13.8 Å². The SMILES string of the molecule is Cc1ccc(-c2cn3cccnc3n2)cc1NC(=O)c1c(C)nc2ccccn12. The normalized spacial score (nSPS) is 11.2. The number of hydrogen-bond acceptors (Lipinski definition) is 4. The molecule has 1 N–H and O–H groups in total. The highest BCUT2D eigenvalue weighted by Gasteiger charge is 2.17. The van der Waals surface area contributed by atoms with Crippen molar-refractivity contribution in [2.24, 2.45) is 0 Å². The first-order chi connectivity index (χ1) is 14.1. The molecule has 0 aliphatic carbocycles. The van der Waals surface area contributed by atoms with E-state index in [0.29, 0.717) is 17.2 Å². The van der Waals surface area contributed by atoms with Gasteiger partial charge in [-0.05, 0) is 43.7 Å². The molecule has 0 saturated heterocycles. The summed E-state index contributed by atoms with van der Waals surface area (Å²) in [7, 11) is 0. The van der Waals surface area contributed by atoms with E-state index < -0.39 is 0 Å². The Hall–Kier alpha value is -4.00. The smallest absolute Gasteiger partial charge is 0.274 e. The van der Waals surface area contributed by atoms with Gasteiger partial charge in [-0.25, -0.2) is 15.0 Å². The van der Waals surface area contributed by atoms with Gasteiger partial charge in [0, 0.05) is 36.0 Å². The second-order valence-corrected chi connectivity index (χ2v) is 6.91. The molecule has 0 saturated carbocycles. The number of pyridine rings is 1. The van der Waals surface area contributed by atoms with Crippen LogP contribution < -0.4 is 5.32 Å². The maximum Gasteiger partial charge on any atom is 0.274 e. The fourth-order valence-corrected chi connectivity index (χ4v) is 3.45. The Labute approximate surface area is 166 Å². The van der Waals surface area contributed by atoms with Gasteiger partial charge in [0.1, 0.15) is 11.3 Å². The molecule has 0 atom stereocenters. The van der Waals surface area contributed by atoms with E-state index >= 15 is 0 Å². The number of carbonyl (C=O) groups is 1. The first-order valence-electron chi connectivity index (χ1n) is 9.26. The molecule has 7 heteroatoms. The second-order valence-electron chi connectivity index (χ2n) is 6.91. The largest absolute Gasteiger partial charge is 0.320 e. The Morgan fingerprint density at radius 3 is 2.79 bits per heavy atom. The van der Waals surface area contributed by atoms with Crippen LogP contribution in [0.25, 0.3) is 22.7 Å². The van der Waals surface area contributed by atoms with Crippen molar-refractivity contribution in [2.75, 3.05) is 5.32 Å². The highest BCUT2D eigenvalue weighted by molar-refractivity contribution is 6.05. The van der Waals surface area contributed by atoms with Crippen molar-refractivity contribution in [1.29, 1.82) is 0 Å². The Bertz CT molecular complexity index is 1350. The average molecular weight is 382 g/mol. The Balaban J connectivity index is 1.52. The molecule has 1 amide bonds. The minimum Gasteiger partial charge on any atom is -0.320 e. The van der Waals surface area contributed by atoms with Crippen LogP contribution in [0.4, 0.5) is 5.69 Å². The molecule has 5 rings (SSSR count). The lowest BCUT2D eigenvalue weighted by molar-refractivity contribution is 0.102. The van der Waals surface area contributed by atoms with Crippen molar-refractivity contribution < 1.29 is 4.79 Å². The predicted molar refractivity (Wildman–Crippen MR) is 111 cm³/mol. The highest BCUT2D eigenvalue weighted by atomic mass is 16.2. The Kier molecular flexibility index (Phi) is 3.87. The number of aromatic nitrogens is 5. The van der Waals surface area contributed by atoms with E-state index in [1.807, 2.05) is 79.3 Å². The molecule has 0 unspecified atom stereocenters. The van der Waals surface area contributed by atoms with E-state index in [4.69, 9.17) is 0 Å². The number of benzene rings is 1. The van der Waals surface area contributed by atoms with Crippen LogP contribution in [0.5, 0.6) is 0 Å². The molecule has 0 spiro atoms. The van der Waals surface area contributed by atoms with E-state index in [9.17, 15) is 4.79 Å². The molecule has 0 fully saturated rings. The summed E-state index contributed by atoms with van der Waals surface area (Å²) in [6.07, 6.45) is 7.39. The van der Waals surface area contributed by atoms with Gasteiger partial charge in [-0.2, -0.15) is 0 Å². The van der Waals surface area contributed by atoms with Crippen molar-refractivity contribution >= 4 is 23.0 Å². The molecule has 0 aliphatic rings. The number of aryl methyl sites for hydroxylation is 2. The zero-order valence-corrected chi connectivity index (χ0v) is 16.0. The summed E-state index contributed by atoms with van der Waals surface area (Å²) in [5.74, 6) is 0.438. The number of nitrogens with one attached hydrogen (secondary N) is 1. The van der Waals surface area contributed by atoms with Crippen molar-refractivity contribution in [2.45, 2.75) is 13.8 Å². The van der Waals surface area contributed by atoms with Gasteiger partial charge in [-0.1, -0.05) is 18.2 Å². The van der Waals surface area contributed by atoms with Crippen LogP contribution in [-0.4, -0.2) is 29.7 Å². The third-order valence-corrected chi connectivity index (χ3v) is 4.94. The van der Waals surface area contributed by atoms with Crippen molar-refractivity contribution in [1.82, 2.24) is 23.8 Å². The fourth-order valence-electron chi connectivity index (χ4n) is 3.45. The molecular formula is C22H18N6O. The summed E-state index contributed by atoms with van der Waals surface area (Å²) >= 11 is 0. The highest BCUT2D eigenvalue weighted by Crippen LogP contribution is 2.26. The maximum absolute atomic E-state index is 13.0. The van der Waals surface area contributed by atoms with Crippen molar-refractivity contribution in [3.63, 3.8) is 0 Å². The Morgan fingerprint density at radius 1 is 1.03 bits per heavy atom. The zero-order valence-electron chi connectivity index (χ0n) is 16.0. The van der Waals surface area contributed by atoms with Crippen molar-refractivity contribution in [3.8, 4) is 11.3 Å². The molecule has 1 aromatic carbocycles. The number of fused-ring (bicyclic) bond motifs is 2. The van der Waals surface area contributed by atoms with Gasteiger partial charge in [-0.3, -0.25) is 13.6 Å². The van der Waals surface area contributed by atoms with Crippen LogP contribution in [-0.2, 0) is 0 Å². The number of carbonyl (C=O) groups excluding carboxylic acids is 1. The lowest BCUT2D eigenvalue weighted by Crippen LogP contribution is -2.16. The Morgan fingerprint density at radius 2 is 1.93 bits per heavy atom. The third kappa shape index (κ3) is 2.93. The van der Waals surface area contributed by atoms with Gasteiger partial charge in [0.05, 0.1) is 11.4 Å². The molecule has 4 heterocycles. The fraction of sp³-hybridized carbons (Fsp3) is 0.0909. The minimum atomic E-state index is -0.196. The molecule has 142 valence electrons. The standard InChI is InChI=1S/C22H18N6O/c1-14-7-8-16(18-13-27-10-5-9-23-22(27)26-18)12-17(14)25-21(29)20-15(2)24-19-6-3-4-11-28(19)20/h3-13H,1-2H3,(H,25,29). The van der Waals surface area contributed by atoms with Gasteiger partial charge in [-0.15, -0.1) is 0 Å². The molecule has 4 aromatic heterocycles. The second kappa shape index (κ2) is 6.56. The molecule has 0 bridgehead atoms. The van der Waals surface area contributed by atoms with Gasteiger partial charge in [0.2, 0.25) is 5.78 Å². The van der Waals surface area contributed by atoms with E-state index in [2.05, 4.69) is 20.3 Å². The van der Waals surface area contributed by atoms with E-state index in [1.54, 1.807) is 10.6 Å². The number of imidazole rings is 2. The van der Waals surface area contributed by atoms with E-state index in [1.165, 1.54) is 0 Å². The lowest BCUT2D eigenvalue weighted by atomic mass is 10.1. The molecule has 0 radical (unpaired) electrons. The first-order valence-corrected chi connectivity index (χ1v) is 9.26. The van der Waals surface area contributed by atoms with Gasteiger partial charge in [0.15, 0.2) is 0 Å². The molecule has 5 aromatic rings. The van der Waals surface area contributed by atoms with E-state index in [0.717, 1.165) is 28.2 Å². The number of nitrogens with zero attached hydrogens (tertiary/aromatic N) is 5. The molecular weight excluding hydrogens is 364 g/mol. The number of amides is 1. The van der Waals surface area contributed by atoms with Crippen LogP contribution in [0.1, 0.15) is 21.7 Å². The zero-order chi connectivity index (χ0) is 20.0. The molecule has 7 nitrogen and oxygen atoms in total. The van der Waals surface area contributed by atoms with E-state index in [-0.39, 0.29) is 5.91 Å². The maximum atomic E-state index is 13.0. The number of hydrogen-bond donors (Lipinski definition) is 1. The van der Waals surface area contributed by atoms with Crippen LogP contribution >= 0.6 is 0 Å². The summed E-state index contributed by atoms with van der Waals surface area (Å²) in [6.45, 7) is 3.81. The summed E-state index contributed by atoms with van der Waals surface area (Å²) in [5, 5.41) is 3.04. The first kappa shape index (κ1) is 17.1. The quantitative estimate of drug-likeness (QED) is 0.513. The van der Waals surface area contributed by atoms with Gasteiger partial charge >= 0.3 is 0 Å². The summed E-state index contributed by atoms with van der Waals surface area (Å²) in [4.78, 5) is 26.3. The van der Waals surface area contributed by atoms with Gasteiger partial charge < -0.3 is 5.32 Å². The van der Waals surface area contributed by atoms with Crippen LogP contribution in [0.15, 0.2) is 67.3 Å². The number of anilines is 1. The third-order valence-electron chi connectivity index (χ3n) is 4.94. The van der Waals surface area contributed by atoms with Crippen LogP contribution in [0.3, 0.4) is 0 Å². The molecule has 0 aliphatic heterocycles. The minimum absolute atomic E-state index is 0.196. The van der Waals surface area contributed by atoms with Crippen LogP contribution in [0.2, 0.25) is 0 Å². The van der Waals surface area contributed by atoms with Gasteiger partial charge in [0.25, 0.3) is 5.91 Å². The topological polar surface area (TPSA) is 76.6 Å². The molecule has 29 heavy (non-hydrogen) atoms. The predicted octanol–water partition coefficient (Wildman–Crippen LogP) is 3.91. The number of rotatable bonds is 3. The summed E-state index contributed by atoms with van der Waals surface area (Å²) in [5.41, 5.74) is 5.38. The van der Waals surface area contributed by atoms with Crippen molar-refractivity contribution in [3.05, 3.63) is 84.2 Å². The summed E-state index contributed by atoms with van der Waals surface area (Å²) < 4.78 is 3.67. The monoisotopic (exact) mass is 382 g/mol. The summed E-state index contributed by atoms with van der Waals surface area (Å²) in [6, 6.07) is 13.4.